The standard InChI is InChI=1S/C14H22ClNO4S/c1-12(2)16(9-11-19-3)21(17,18)14-6-4-13(5-7-14)20-10-8-15/h4-7,12H,8-11H2,1-3H3. The smallest absolute Gasteiger partial charge is 0.243 e. The number of ether oxygens (including phenoxy) is 2. The predicted molar refractivity (Wildman–Crippen MR) is 83.6 cm³/mol. The van der Waals surface area contributed by atoms with Gasteiger partial charge in [0.1, 0.15) is 12.4 Å². The lowest BCUT2D eigenvalue weighted by Gasteiger charge is -2.25. The fourth-order valence-electron chi connectivity index (χ4n) is 1.84. The first-order valence-corrected chi connectivity index (χ1v) is 8.70. The average molecular weight is 336 g/mol. The number of hydrogen-bond acceptors (Lipinski definition) is 4. The van der Waals surface area contributed by atoms with Crippen LogP contribution in [-0.4, -0.2) is 51.5 Å². The highest BCUT2D eigenvalue weighted by Crippen LogP contribution is 2.21. The largest absolute Gasteiger partial charge is 0.492 e. The minimum atomic E-state index is -3.54. The van der Waals surface area contributed by atoms with Gasteiger partial charge in [-0.1, -0.05) is 0 Å². The predicted octanol–water partition coefficient (Wildman–Crippen LogP) is 2.35. The van der Waals surface area contributed by atoms with Crippen molar-refractivity contribution in [2.75, 3.05) is 32.7 Å². The SMILES string of the molecule is COCCN(C(C)C)S(=O)(=O)c1ccc(OCCCl)cc1. The van der Waals surface area contributed by atoms with Gasteiger partial charge in [0.25, 0.3) is 0 Å². The van der Waals surface area contributed by atoms with Gasteiger partial charge in [-0.25, -0.2) is 8.42 Å². The van der Waals surface area contributed by atoms with Crippen molar-refractivity contribution in [3.8, 4) is 5.75 Å². The molecule has 21 heavy (non-hydrogen) atoms. The maximum Gasteiger partial charge on any atom is 0.243 e. The molecular formula is C14H22ClNO4S. The van der Waals surface area contributed by atoms with Gasteiger partial charge in [-0.15, -0.1) is 11.6 Å². The molecule has 0 bridgehead atoms. The third kappa shape index (κ3) is 5.14. The molecule has 0 amide bonds. The van der Waals surface area contributed by atoms with E-state index >= 15 is 0 Å². The Kier molecular flexibility index (Phi) is 7.45. The number of alkyl halides is 1. The van der Waals surface area contributed by atoms with Crippen molar-refractivity contribution < 1.29 is 17.9 Å². The molecule has 0 N–H and O–H groups in total. The van der Waals surface area contributed by atoms with E-state index in [1.807, 2.05) is 13.8 Å². The zero-order valence-corrected chi connectivity index (χ0v) is 14.2. The van der Waals surface area contributed by atoms with Crippen molar-refractivity contribution in [3.05, 3.63) is 24.3 Å². The number of benzene rings is 1. The third-order valence-electron chi connectivity index (χ3n) is 2.87. The highest BCUT2D eigenvalue weighted by molar-refractivity contribution is 7.89. The molecule has 0 atom stereocenters. The van der Waals surface area contributed by atoms with Crippen LogP contribution in [-0.2, 0) is 14.8 Å². The molecule has 0 unspecified atom stereocenters. The van der Waals surface area contributed by atoms with Gasteiger partial charge in [-0.2, -0.15) is 4.31 Å². The Morgan fingerprint density at radius 1 is 1.19 bits per heavy atom. The van der Waals surface area contributed by atoms with Gasteiger partial charge in [0.15, 0.2) is 0 Å². The van der Waals surface area contributed by atoms with Crippen molar-refractivity contribution in [1.29, 1.82) is 0 Å². The van der Waals surface area contributed by atoms with Crippen molar-refractivity contribution in [3.63, 3.8) is 0 Å². The fraction of sp³-hybridized carbons (Fsp3) is 0.571. The van der Waals surface area contributed by atoms with Gasteiger partial charge in [0.2, 0.25) is 10.0 Å². The molecule has 5 nitrogen and oxygen atoms in total. The molecule has 120 valence electrons. The minimum Gasteiger partial charge on any atom is -0.492 e. The van der Waals surface area contributed by atoms with Crippen LogP contribution in [0.2, 0.25) is 0 Å². The Bertz CT molecular complexity index is 516. The molecule has 0 aromatic heterocycles. The van der Waals surface area contributed by atoms with E-state index in [1.54, 1.807) is 31.4 Å². The molecule has 0 fully saturated rings. The Labute approximate surface area is 131 Å². The molecule has 1 aromatic carbocycles. The molecule has 7 heteroatoms. The number of sulfonamides is 1. The second-order valence-corrected chi connectivity index (χ2v) is 6.98. The van der Waals surface area contributed by atoms with Crippen molar-refractivity contribution in [2.24, 2.45) is 0 Å². The fourth-order valence-corrected chi connectivity index (χ4v) is 3.53. The van der Waals surface area contributed by atoms with Gasteiger partial charge in [-0.05, 0) is 38.1 Å². The Morgan fingerprint density at radius 3 is 2.29 bits per heavy atom. The highest BCUT2D eigenvalue weighted by atomic mass is 35.5. The third-order valence-corrected chi connectivity index (χ3v) is 5.11. The van der Waals surface area contributed by atoms with Gasteiger partial charge in [-0.3, -0.25) is 0 Å². The second kappa shape index (κ2) is 8.58. The molecule has 0 aliphatic rings. The molecule has 1 aromatic rings. The van der Waals surface area contributed by atoms with Crippen LogP contribution in [0.5, 0.6) is 5.75 Å². The van der Waals surface area contributed by atoms with E-state index < -0.39 is 10.0 Å². The normalized spacial score (nSPS) is 12.1. The quantitative estimate of drug-likeness (QED) is 0.650. The summed E-state index contributed by atoms with van der Waals surface area (Å²) in [4.78, 5) is 0.241. The summed E-state index contributed by atoms with van der Waals surface area (Å²) < 4.78 is 37.0. The van der Waals surface area contributed by atoms with Crippen molar-refractivity contribution in [2.45, 2.75) is 24.8 Å². The Hall–Kier alpha value is -0.820. The van der Waals surface area contributed by atoms with Crippen LogP contribution in [0.4, 0.5) is 0 Å². The topological polar surface area (TPSA) is 55.8 Å². The van der Waals surface area contributed by atoms with Crippen LogP contribution in [0.25, 0.3) is 0 Å². The van der Waals surface area contributed by atoms with E-state index in [0.29, 0.717) is 31.4 Å². The molecule has 0 aliphatic carbocycles. The first-order chi connectivity index (χ1) is 9.93. The minimum absolute atomic E-state index is 0.141. The summed E-state index contributed by atoms with van der Waals surface area (Å²) >= 11 is 5.54. The van der Waals surface area contributed by atoms with Crippen LogP contribution < -0.4 is 4.74 Å². The summed E-state index contributed by atoms with van der Waals surface area (Å²) in [5.41, 5.74) is 0. The van der Waals surface area contributed by atoms with Crippen molar-refractivity contribution in [1.82, 2.24) is 4.31 Å². The van der Waals surface area contributed by atoms with Crippen molar-refractivity contribution >= 4 is 21.6 Å². The van der Waals surface area contributed by atoms with Gasteiger partial charge >= 0.3 is 0 Å². The molecular weight excluding hydrogens is 314 g/mol. The first-order valence-electron chi connectivity index (χ1n) is 6.73. The molecule has 0 heterocycles. The monoisotopic (exact) mass is 335 g/mol. The molecule has 0 spiro atoms. The van der Waals surface area contributed by atoms with E-state index in [2.05, 4.69) is 0 Å². The lowest BCUT2D eigenvalue weighted by molar-refractivity contribution is 0.171. The summed E-state index contributed by atoms with van der Waals surface area (Å²) in [5.74, 6) is 0.987. The number of halogens is 1. The molecule has 0 aliphatic heterocycles. The summed E-state index contributed by atoms with van der Waals surface area (Å²) in [6, 6.07) is 6.21. The van der Waals surface area contributed by atoms with Crippen LogP contribution in [0, 0.1) is 0 Å². The zero-order chi connectivity index (χ0) is 15.9. The lowest BCUT2D eigenvalue weighted by Crippen LogP contribution is -2.39. The van der Waals surface area contributed by atoms with E-state index in [9.17, 15) is 8.42 Å². The van der Waals surface area contributed by atoms with Crippen LogP contribution >= 0.6 is 11.6 Å². The Morgan fingerprint density at radius 2 is 1.81 bits per heavy atom. The number of methoxy groups -OCH3 is 1. The van der Waals surface area contributed by atoms with Crippen LogP contribution in [0.15, 0.2) is 29.2 Å². The van der Waals surface area contributed by atoms with E-state index in [-0.39, 0.29) is 10.9 Å². The van der Waals surface area contributed by atoms with Gasteiger partial charge in [0, 0.05) is 19.7 Å². The first kappa shape index (κ1) is 18.2. The van der Waals surface area contributed by atoms with Crippen LogP contribution in [0.3, 0.4) is 0 Å². The van der Waals surface area contributed by atoms with Gasteiger partial charge in [0.05, 0.1) is 17.4 Å². The number of rotatable bonds is 9. The average Bonchev–Trinajstić information content (AvgIpc) is 2.45. The van der Waals surface area contributed by atoms with E-state index in [0.717, 1.165) is 0 Å². The zero-order valence-electron chi connectivity index (χ0n) is 12.6. The number of nitrogens with zero attached hydrogens (tertiary/aromatic N) is 1. The summed E-state index contributed by atoms with van der Waals surface area (Å²) in [7, 11) is -1.99. The number of hydrogen-bond donors (Lipinski definition) is 0. The summed E-state index contributed by atoms with van der Waals surface area (Å²) in [6.45, 7) is 4.74. The second-order valence-electron chi connectivity index (χ2n) is 4.71. The van der Waals surface area contributed by atoms with Gasteiger partial charge < -0.3 is 9.47 Å². The van der Waals surface area contributed by atoms with E-state index in [1.165, 1.54) is 4.31 Å². The molecule has 0 saturated heterocycles. The van der Waals surface area contributed by atoms with E-state index in [4.69, 9.17) is 21.1 Å². The summed E-state index contributed by atoms with van der Waals surface area (Å²) in [5, 5.41) is 0. The maximum absolute atomic E-state index is 12.6. The van der Waals surface area contributed by atoms with Crippen LogP contribution in [0.1, 0.15) is 13.8 Å². The molecule has 1 rings (SSSR count). The lowest BCUT2D eigenvalue weighted by atomic mass is 10.3. The maximum atomic E-state index is 12.6. The molecule has 0 saturated carbocycles. The summed E-state index contributed by atoms with van der Waals surface area (Å²) in [6.07, 6.45) is 0. The molecule has 0 radical (unpaired) electrons. The highest BCUT2D eigenvalue weighted by Gasteiger charge is 2.26. The Balaban J connectivity index is 2.94.